The maximum absolute atomic E-state index is 11.6. The summed E-state index contributed by atoms with van der Waals surface area (Å²) in [5.41, 5.74) is 0. The van der Waals surface area contributed by atoms with Crippen molar-refractivity contribution in [3.8, 4) is 0 Å². The minimum atomic E-state index is -0.0642. The molecule has 1 saturated carbocycles. The summed E-state index contributed by atoms with van der Waals surface area (Å²) in [5, 5.41) is 12.3. The van der Waals surface area contributed by atoms with E-state index in [2.05, 4.69) is 5.32 Å². The summed E-state index contributed by atoms with van der Waals surface area (Å²) >= 11 is 0. The Bertz CT molecular complexity index is 220. The maximum atomic E-state index is 11.6. The number of esters is 1. The lowest BCUT2D eigenvalue weighted by Crippen LogP contribution is -2.42. The van der Waals surface area contributed by atoms with Gasteiger partial charge in [-0.3, -0.25) is 4.79 Å². The summed E-state index contributed by atoms with van der Waals surface area (Å²) < 4.78 is 5.04. The molecule has 0 aliphatic heterocycles. The van der Waals surface area contributed by atoms with Crippen LogP contribution in [-0.2, 0) is 9.53 Å². The number of carbonyl (C=O) groups excluding carboxylic acids is 1. The molecule has 0 amide bonds. The summed E-state index contributed by atoms with van der Waals surface area (Å²) in [7, 11) is 0. The maximum Gasteiger partial charge on any atom is 0.308 e. The highest BCUT2D eigenvalue weighted by Crippen LogP contribution is 2.25. The molecule has 0 aromatic carbocycles. The number of rotatable bonds is 5. The van der Waals surface area contributed by atoms with Gasteiger partial charge in [-0.05, 0) is 33.1 Å². The van der Waals surface area contributed by atoms with Crippen LogP contribution in [0.2, 0.25) is 0 Å². The molecule has 0 spiro atoms. The number of aliphatic hydroxyl groups excluding tert-OH is 1. The van der Waals surface area contributed by atoms with Crippen LogP contribution in [0.1, 0.15) is 39.5 Å². The van der Waals surface area contributed by atoms with Crippen LogP contribution in [0.3, 0.4) is 0 Å². The molecule has 2 N–H and O–H groups in total. The van der Waals surface area contributed by atoms with E-state index in [1.54, 1.807) is 0 Å². The van der Waals surface area contributed by atoms with Crippen LogP contribution < -0.4 is 5.32 Å². The van der Waals surface area contributed by atoms with Gasteiger partial charge >= 0.3 is 5.97 Å². The van der Waals surface area contributed by atoms with Gasteiger partial charge in [0.15, 0.2) is 0 Å². The number of hydrogen-bond acceptors (Lipinski definition) is 4. The minimum Gasteiger partial charge on any atom is -0.466 e. The molecule has 94 valence electrons. The van der Waals surface area contributed by atoms with Crippen molar-refractivity contribution in [2.75, 3.05) is 13.2 Å². The Hall–Kier alpha value is -0.610. The summed E-state index contributed by atoms with van der Waals surface area (Å²) in [6.07, 6.45) is 3.91. The molecule has 4 nitrogen and oxygen atoms in total. The van der Waals surface area contributed by atoms with E-state index in [0.29, 0.717) is 12.6 Å². The monoisotopic (exact) mass is 229 g/mol. The number of aliphatic hydroxyl groups is 1. The van der Waals surface area contributed by atoms with Gasteiger partial charge in [-0.1, -0.05) is 6.42 Å². The standard InChI is InChI=1S/C12H23NO3/c1-3-16-12(15)10-5-4-6-11(7-10)13-9(2)8-14/h9-11,13-14H,3-8H2,1-2H3/t9-,10?,11?/m1/s1. The zero-order chi connectivity index (χ0) is 12.0. The summed E-state index contributed by atoms with van der Waals surface area (Å²) in [4.78, 5) is 11.6. The fraction of sp³-hybridized carbons (Fsp3) is 0.917. The molecule has 0 aromatic heterocycles. The van der Waals surface area contributed by atoms with E-state index in [9.17, 15) is 4.79 Å². The van der Waals surface area contributed by atoms with Crippen molar-refractivity contribution in [3.05, 3.63) is 0 Å². The fourth-order valence-corrected chi connectivity index (χ4v) is 2.27. The Morgan fingerprint density at radius 1 is 1.56 bits per heavy atom. The molecule has 1 aliphatic carbocycles. The third kappa shape index (κ3) is 4.10. The first-order valence-electron chi connectivity index (χ1n) is 6.20. The molecule has 1 rings (SSSR count). The quantitative estimate of drug-likeness (QED) is 0.693. The molecular formula is C12H23NO3. The molecule has 0 heterocycles. The third-order valence-corrected chi connectivity index (χ3v) is 3.09. The highest BCUT2D eigenvalue weighted by molar-refractivity contribution is 5.72. The number of carbonyl (C=O) groups is 1. The highest BCUT2D eigenvalue weighted by Gasteiger charge is 2.28. The Morgan fingerprint density at radius 2 is 2.31 bits per heavy atom. The van der Waals surface area contributed by atoms with Crippen molar-refractivity contribution in [3.63, 3.8) is 0 Å². The van der Waals surface area contributed by atoms with Crippen molar-refractivity contribution in [2.45, 2.75) is 51.6 Å². The predicted molar refractivity (Wildman–Crippen MR) is 62.1 cm³/mol. The first kappa shape index (κ1) is 13.5. The normalized spacial score (nSPS) is 27.4. The molecule has 1 fully saturated rings. The van der Waals surface area contributed by atoms with Crippen LogP contribution in [0.4, 0.5) is 0 Å². The van der Waals surface area contributed by atoms with Gasteiger partial charge in [-0.15, -0.1) is 0 Å². The molecule has 16 heavy (non-hydrogen) atoms. The van der Waals surface area contributed by atoms with Crippen molar-refractivity contribution in [1.29, 1.82) is 0 Å². The van der Waals surface area contributed by atoms with Crippen LogP contribution in [0.5, 0.6) is 0 Å². The van der Waals surface area contributed by atoms with Gasteiger partial charge in [-0.2, -0.15) is 0 Å². The van der Waals surface area contributed by atoms with Crippen molar-refractivity contribution < 1.29 is 14.6 Å². The van der Waals surface area contributed by atoms with Gasteiger partial charge in [-0.25, -0.2) is 0 Å². The Balaban J connectivity index is 2.37. The number of ether oxygens (including phenoxy) is 1. The molecule has 3 atom stereocenters. The number of hydrogen-bond donors (Lipinski definition) is 2. The molecular weight excluding hydrogens is 206 g/mol. The Labute approximate surface area is 97.4 Å². The van der Waals surface area contributed by atoms with E-state index >= 15 is 0 Å². The molecule has 0 radical (unpaired) electrons. The fourth-order valence-electron chi connectivity index (χ4n) is 2.27. The lowest BCUT2D eigenvalue weighted by molar-refractivity contribution is -0.149. The van der Waals surface area contributed by atoms with E-state index in [0.717, 1.165) is 25.7 Å². The van der Waals surface area contributed by atoms with Crippen molar-refractivity contribution >= 4 is 5.97 Å². The number of nitrogens with one attached hydrogen (secondary N) is 1. The SMILES string of the molecule is CCOC(=O)C1CCCC(N[C@H](C)CO)C1. The highest BCUT2D eigenvalue weighted by atomic mass is 16.5. The van der Waals surface area contributed by atoms with Gasteiger partial charge in [0.2, 0.25) is 0 Å². The summed E-state index contributed by atoms with van der Waals surface area (Å²) in [6.45, 7) is 4.39. The molecule has 2 unspecified atom stereocenters. The smallest absolute Gasteiger partial charge is 0.308 e. The Morgan fingerprint density at radius 3 is 2.94 bits per heavy atom. The van der Waals surface area contributed by atoms with Gasteiger partial charge in [0.25, 0.3) is 0 Å². The van der Waals surface area contributed by atoms with Gasteiger partial charge in [0, 0.05) is 12.1 Å². The molecule has 1 aliphatic rings. The lowest BCUT2D eigenvalue weighted by atomic mass is 9.85. The Kier molecular flexibility index (Phi) is 5.77. The van der Waals surface area contributed by atoms with E-state index < -0.39 is 0 Å². The summed E-state index contributed by atoms with van der Waals surface area (Å²) in [6, 6.07) is 0.441. The van der Waals surface area contributed by atoms with E-state index in [1.807, 2.05) is 13.8 Å². The summed E-state index contributed by atoms with van der Waals surface area (Å²) in [5.74, 6) is -0.0252. The predicted octanol–water partition coefficient (Wildman–Crippen LogP) is 1.08. The van der Waals surface area contributed by atoms with Gasteiger partial charge in [0.1, 0.15) is 0 Å². The second-order valence-corrected chi connectivity index (χ2v) is 4.56. The largest absolute Gasteiger partial charge is 0.466 e. The zero-order valence-corrected chi connectivity index (χ0v) is 10.2. The van der Waals surface area contributed by atoms with Gasteiger partial charge < -0.3 is 15.2 Å². The second kappa shape index (κ2) is 6.86. The first-order chi connectivity index (χ1) is 7.67. The van der Waals surface area contributed by atoms with E-state index in [-0.39, 0.29) is 24.5 Å². The molecule has 4 heteroatoms. The zero-order valence-electron chi connectivity index (χ0n) is 10.2. The first-order valence-corrected chi connectivity index (χ1v) is 6.20. The lowest BCUT2D eigenvalue weighted by Gasteiger charge is -2.30. The molecule has 0 saturated heterocycles. The average molecular weight is 229 g/mol. The van der Waals surface area contributed by atoms with Crippen molar-refractivity contribution in [1.82, 2.24) is 5.32 Å². The topological polar surface area (TPSA) is 58.6 Å². The van der Waals surface area contributed by atoms with E-state index in [1.165, 1.54) is 0 Å². The van der Waals surface area contributed by atoms with Crippen LogP contribution in [0.15, 0.2) is 0 Å². The van der Waals surface area contributed by atoms with Crippen molar-refractivity contribution in [2.24, 2.45) is 5.92 Å². The van der Waals surface area contributed by atoms with Crippen LogP contribution >= 0.6 is 0 Å². The minimum absolute atomic E-state index is 0.0390. The van der Waals surface area contributed by atoms with Crippen LogP contribution in [0.25, 0.3) is 0 Å². The van der Waals surface area contributed by atoms with Crippen LogP contribution in [-0.4, -0.2) is 36.4 Å². The molecule has 0 aromatic rings. The molecule has 0 bridgehead atoms. The van der Waals surface area contributed by atoms with Gasteiger partial charge in [0.05, 0.1) is 19.1 Å². The van der Waals surface area contributed by atoms with E-state index in [4.69, 9.17) is 9.84 Å². The second-order valence-electron chi connectivity index (χ2n) is 4.56. The average Bonchev–Trinajstić information content (AvgIpc) is 2.29. The van der Waals surface area contributed by atoms with Crippen LogP contribution in [0, 0.1) is 5.92 Å². The third-order valence-electron chi connectivity index (χ3n) is 3.09.